The summed E-state index contributed by atoms with van der Waals surface area (Å²) in [5, 5.41) is 8.78. The molecule has 6 heteroatoms. The van der Waals surface area contributed by atoms with Crippen LogP contribution in [0.3, 0.4) is 0 Å². The van der Waals surface area contributed by atoms with Crippen LogP contribution in [0.1, 0.15) is 13.8 Å². The van der Waals surface area contributed by atoms with Crippen LogP contribution in [0.25, 0.3) is 0 Å². The van der Waals surface area contributed by atoms with E-state index in [9.17, 15) is 9.59 Å². The number of hydrogen-bond donors (Lipinski definition) is 1. The van der Waals surface area contributed by atoms with E-state index >= 15 is 0 Å². The highest BCUT2D eigenvalue weighted by atomic mass is 16.4. The minimum Gasteiger partial charge on any atom is -0.480 e. The fourth-order valence-corrected chi connectivity index (χ4v) is 1.33. The van der Waals surface area contributed by atoms with Crippen molar-refractivity contribution >= 4 is 11.8 Å². The Morgan fingerprint density at radius 1 is 1.62 bits per heavy atom. The summed E-state index contributed by atoms with van der Waals surface area (Å²) in [7, 11) is 1.60. The highest BCUT2D eigenvalue weighted by molar-refractivity contribution is 5.73. The lowest BCUT2D eigenvalue weighted by Gasteiger charge is -2.25. The van der Waals surface area contributed by atoms with Gasteiger partial charge in [-0.2, -0.15) is 0 Å². The van der Waals surface area contributed by atoms with E-state index in [1.165, 1.54) is 21.9 Å². The summed E-state index contributed by atoms with van der Waals surface area (Å²) in [6.45, 7) is 3.40. The summed E-state index contributed by atoms with van der Waals surface area (Å²) in [6.07, 6.45) is 3.01. The number of aromatic nitrogens is 2. The second-order valence-electron chi connectivity index (χ2n) is 3.78. The highest BCUT2D eigenvalue weighted by Gasteiger charge is 2.18. The van der Waals surface area contributed by atoms with Gasteiger partial charge in [0.15, 0.2) is 5.82 Å². The average Bonchev–Trinajstić information content (AvgIpc) is 2.18. The first-order valence-corrected chi connectivity index (χ1v) is 4.93. The predicted molar refractivity (Wildman–Crippen MR) is 59.6 cm³/mol. The molecule has 0 atom stereocenters. The van der Waals surface area contributed by atoms with Gasteiger partial charge in [-0.05, 0) is 13.8 Å². The molecule has 0 aliphatic heterocycles. The van der Waals surface area contributed by atoms with E-state index in [0.29, 0.717) is 0 Å². The Morgan fingerprint density at radius 3 is 2.75 bits per heavy atom. The summed E-state index contributed by atoms with van der Waals surface area (Å²) in [5.41, 5.74) is -0.294. The van der Waals surface area contributed by atoms with E-state index < -0.39 is 5.97 Å². The highest BCUT2D eigenvalue weighted by Crippen LogP contribution is 2.07. The molecule has 0 amide bonds. The maximum Gasteiger partial charge on any atom is 0.323 e. The third-order valence-electron chi connectivity index (χ3n) is 2.20. The fraction of sp³-hybridized carbons (Fsp3) is 0.500. The maximum atomic E-state index is 11.8. The van der Waals surface area contributed by atoms with Gasteiger partial charge in [-0.3, -0.25) is 9.59 Å². The SMILES string of the molecule is CC(C)N(CC(=O)O)c1nccn(C)c1=O. The van der Waals surface area contributed by atoms with Crippen LogP contribution in [-0.4, -0.2) is 33.2 Å². The molecule has 16 heavy (non-hydrogen) atoms. The Labute approximate surface area is 93.1 Å². The molecule has 1 heterocycles. The van der Waals surface area contributed by atoms with Gasteiger partial charge in [0.1, 0.15) is 6.54 Å². The minimum absolute atomic E-state index is 0.0984. The van der Waals surface area contributed by atoms with E-state index in [1.54, 1.807) is 7.05 Å². The summed E-state index contributed by atoms with van der Waals surface area (Å²) >= 11 is 0. The molecule has 0 unspecified atom stereocenters. The lowest BCUT2D eigenvalue weighted by molar-refractivity contribution is -0.135. The Balaban J connectivity index is 3.16. The molecule has 6 nitrogen and oxygen atoms in total. The van der Waals surface area contributed by atoms with Crippen LogP contribution in [0.4, 0.5) is 5.82 Å². The molecule has 1 rings (SSSR count). The molecule has 0 radical (unpaired) electrons. The molecular formula is C10H15N3O3. The Bertz CT molecular complexity index is 439. The molecular weight excluding hydrogens is 210 g/mol. The monoisotopic (exact) mass is 225 g/mol. The molecule has 0 aliphatic rings. The van der Waals surface area contributed by atoms with Gasteiger partial charge in [0.25, 0.3) is 5.56 Å². The van der Waals surface area contributed by atoms with Gasteiger partial charge in [0, 0.05) is 25.5 Å². The number of hydrogen-bond acceptors (Lipinski definition) is 4. The molecule has 0 saturated carbocycles. The normalized spacial score (nSPS) is 10.5. The maximum absolute atomic E-state index is 11.8. The zero-order valence-corrected chi connectivity index (χ0v) is 9.54. The second kappa shape index (κ2) is 4.78. The van der Waals surface area contributed by atoms with Crippen LogP contribution >= 0.6 is 0 Å². The van der Waals surface area contributed by atoms with Crippen molar-refractivity contribution in [1.29, 1.82) is 0 Å². The molecule has 1 N–H and O–H groups in total. The Morgan fingerprint density at radius 2 is 2.25 bits per heavy atom. The van der Waals surface area contributed by atoms with E-state index in [4.69, 9.17) is 5.11 Å². The van der Waals surface area contributed by atoms with Crippen molar-refractivity contribution in [3.8, 4) is 0 Å². The standard InChI is InChI=1S/C10H15N3O3/c1-7(2)13(6-8(14)15)9-10(16)12(3)5-4-11-9/h4-5,7H,6H2,1-3H3,(H,14,15). The second-order valence-corrected chi connectivity index (χ2v) is 3.78. The van der Waals surface area contributed by atoms with E-state index in [1.807, 2.05) is 13.8 Å². The van der Waals surface area contributed by atoms with Gasteiger partial charge < -0.3 is 14.6 Å². The zero-order valence-electron chi connectivity index (χ0n) is 9.54. The van der Waals surface area contributed by atoms with E-state index in [2.05, 4.69) is 4.98 Å². The largest absolute Gasteiger partial charge is 0.480 e. The molecule has 0 aromatic carbocycles. The first kappa shape index (κ1) is 12.2. The summed E-state index contributed by atoms with van der Waals surface area (Å²) in [4.78, 5) is 27.9. The first-order valence-electron chi connectivity index (χ1n) is 4.93. The van der Waals surface area contributed by atoms with E-state index in [0.717, 1.165) is 0 Å². The fourth-order valence-electron chi connectivity index (χ4n) is 1.33. The van der Waals surface area contributed by atoms with Crippen LogP contribution in [0.5, 0.6) is 0 Å². The van der Waals surface area contributed by atoms with Gasteiger partial charge in [-0.15, -0.1) is 0 Å². The number of carboxylic acid groups (broad SMARTS) is 1. The number of carboxylic acids is 1. The molecule has 0 saturated heterocycles. The third kappa shape index (κ3) is 2.59. The van der Waals surface area contributed by atoms with Crippen LogP contribution in [0.2, 0.25) is 0 Å². The first-order chi connectivity index (χ1) is 7.43. The Hall–Kier alpha value is -1.85. The number of aryl methyl sites for hydroxylation is 1. The number of carbonyl (C=O) groups is 1. The molecule has 88 valence electrons. The van der Waals surface area contributed by atoms with Gasteiger partial charge >= 0.3 is 5.97 Å². The van der Waals surface area contributed by atoms with Gasteiger partial charge in [-0.1, -0.05) is 0 Å². The van der Waals surface area contributed by atoms with Crippen molar-refractivity contribution in [1.82, 2.24) is 9.55 Å². The summed E-state index contributed by atoms with van der Waals surface area (Å²) in [6, 6.07) is -0.0984. The van der Waals surface area contributed by atoms with Crippen molar-refractivity contribution in [2.24, 2.45) is 7.05 Å². The third-order valence-corrected chi connectivity index (χ3v) is 2.20. The number of anilines is 1. The van der Waals surface area contributed by atoms with Crippen molar-refractivity contribution in [2.45, 2.75) is 19.9 Å². The zero-order chi connectivity index (χ0) is 12.3. The molecule has 0 aliphatic carbocycles. The van der Waals surface area contributed by atoms with Gasteiger partial charge in [0.05, 0.1) is 0 Å². The summed E-state index contributed by atoms with van der Waals surface area (Å²) < 4.78 is 1.37. The Kier molecular flexibility index (Phi) is 3.65. The molecule has 0 spiro atoms. The summed E-state index contributed by atoms with van der Waals surface area (Å²) in [5.74, 6) is -0.816. The molecule has 0 fully saturated rings. The van der Waals surface area contributed by atoms with Crippen LogP contribution in [0, 0.1) is 0 Å². The smallest absolute Gasteiger partial charge is 0.323 e. The van der Waals surface area contributed by atoms with Crippen LogP contribution in [-0.2, 0) is 11.8 Å². The minimum atomic E-state index is -0.985. The van der Waals surface area contributed by atoms with Crippen molar-refractivity contribution < 1.29 is 9.90 Å². The van der Waals surface area contributed by atoms with Crippen molar-refractivity contribution in [3.63, 3.8) is 0 Å². The molecule has 1 aromatic heterocycles. The molecule has 0 bridgehead atoms. The lowest BCUT2D eigenvalue weighted by atomic mass is 10.3. The molecule has 1 aromatic rings. The van der Waals surface area contributed by atoms with Gasteiger partial charge in [-0.25, -0.2) is 4.98 Å². The topological polar surface area (TPSA) is 75.4 Å². The van der Waals surface area contributed by atoms with Crippen molar-refractivity contribution in [2.75, 3.05) is 11.4 Å². The predicted octanol–water partition coefficient (Wildman–Crippen LogP) is 0.0797. The van der Waals surface area contributed by atoms with E-state index in [-0.39, 0.29) is 24.0 Å². The van der Waals surface area contributed by atoms with Gasteiger partial charge in [0.2, 0.25) is 0 Å². The number of rotatable bonds is 4. The number of aliphatic carboxylic acids is 1. The lowest BCUT2D eigenvalue weighted by Crippen LogP contribution is -2.40. The quantitative estimate of drug-likeness (QED) is 0.785. The van der Waals surface area contributed by atoms with Crippen LogP contribution < -0.4 is 10.5 Å². The average molecular weight is 225 g/mol. The number of nitrogens with zero attached hydrogens (tertiary/aromatic N) is 3. The van der Waals surface area contributed by atoms with Crippen molar-refractivity contribution in [3.05, 3.63) is 22.7 Å². The van der Waals surface area contributed by atoms with Crippen LogP contribution in [0.15, 0.2) is 17.2 Å².